The van der Waals surface area contributed by atoms with Gasteiger partial charge in [0.25, 0.3) is 0 Å². The van der Waals surface area contributed by atoms with Crippen LogP contribution >= 0.6 is 0 Å². The van der Waals surface area contributed by atoms with E-state index in [1.807, 2.05) is 0 Å². The zero-order chi connectivity index (χ0) is 9.52. The van der Waals surface area contributed by atoms with Crippen molar-refractivity contribution in [2.45, 2.75) is 6.42 Å². The fourth-order valence-corrected chi connectivity index (χ4v) is 0.864. The van der Waals surface area contributed by atoms with Crippen LogP contribution in [0.3, 0.4) is 0 Å². The maximum atomic E-state index is 11.1. The minimum Gasteiger partial charge on any atom is -0.395 e. The van der Waals surface area contributed by atoms with Crippen molar-refractivity contribution in [3.63, 3.8) is 0 Å². The number of aliphatic hydroxyl groups is 1. The van der Waals surface area contributed by atoms with E-state index in [1.165, 1.54) is 6.33 Å². The highest BCUT2D eigenvalue weighted by Gasteiger charge is 2.01. The molecule has 0 aliphatic rings. The number of aromatic nitrogens is 2. The molecule has 0 unspecified atom stereocenters. The first-order valence-electron chi connectivity index (χ1n) is 3.94. The normalized spacial score (nSPS) is 9.62. The lowest BCUT2D eigenvalue weighted by atomic mass is 10.2. The van der Waals surface area contributed by atoms with Gasteiger partial charge < -0.3 is 10.4 Å². The number of rotatable bonds is 4. The van der Waals surface area contributed by atoms with Crippen molar-refractivity contribution < 1.29 is 9.90 Å². The van der Waals surface area contributed by atoms with E-state index in [-0.39, 0.29) is 25.5 Å². The molecular formula is C8H11N3O2. The van der Waals surface area contributed by atoms with Gasteiger partial charge in [0, 0.05) is 18.9 Å². The van der Waals surface area contributed by atoms with Gasteiger partial charge in [-0.05, 0) is 5.56 Å². The van der Waals surface area contributed by atoms with E-state index in [0.29, 0.717) is 0 Å². The predicted molar refractivity (Wildman–Crippen MR) is 45.8 cm³/mol. The van der Waals surface area contributed by atoms with Crippen LogP contribution in [0.15, 0.2) is 18.7 Å². The van der Waals surface area contributed by atoms with Crippen molar-refractivity contribution in [3.05, 3.63) is 24.3 Å². The second-order valence-corrected chi connectivity index (χ2v) is 2.50. The van der Waals surface area contributed by atoms with Crippen LogP contribution in [0.1, 0.15) is 5.56 Å². The summed E-state index contributed by atoms with van der Waals surface area (Å²) in [5.41, 5.74) is 0.762. The molecule has 0 aliphatic heterocycles. The number of hydrogen-bond donors (Lipinski definition) is 2. The molecule has 0 radical (unpaired) electrons. The van der Waals surface area contributed by atoms with Crippen LogP contribution in [-0.4, -0.2) is 34.1 Å². The van der Waals surface area contributed by atoms with Gasteiger partial charge in [-0.1, -0.05) is 0 Å². The van der Waals surface area contributed by atoms with Gasteiger partial charge in [0.1, 0.15) is 6.33 Å². The molecule has 5 heteroatoms. The fourth-order valence-electron chi connectivity index (χ4n) is 0.864. The summed E-state index contributed by atoms with van der Waals surface area (Å²) in [6.07, 6.45) is 4.84. The molecule has 70 valence electrons. The first-order chi connectivity index (χ1) is 6.33. The maximum Gasteiger partial charge on any atom is 0.224 e. The Morgan fingerprint density at radius 2 is 2.15 bits per heavy atom. The number of nitrogens with one attached hydrogen (secondary N) is 1. The third-order valence-electron chi connectivity index (χ3n) is 1.41. The lowest BCUT2D eigenvalue weighted by molar-refractivity contribution is -0.120. The lowest BCUT2D eigenvalue weighted by Crippen LogP contribution is -2.27. The number of carbonyl (C=O) groups excluding carboxylic acids is 1. The topological polar surface area (TPSA) is 75.1 Å². The molecular weight excluding hydrogens is 170 g/mol. The third-order valence-corrected chi connectivity index (χ3v) is 1.41. The van der Waals surface area contributed by atoms with Crippen molar-refractivity contribution in [3.8, 4) is 0 Å². The Kier molecular flexibility index (Phi) is 3.84. The fraction of sp³-hybridized carbons (Fsp3) is 0.375. The Labute approximate surface area is 75.8 Å². The van der Waals surface area contributed by atoms with E-state index in [2.05, 4.69) is 15.3 Å². The Morgan fingerprint density at radius 1 is 1.46 bits per heavy atom. The molecule has 0 aliphatic carbocycles. The standard InChI is InChI=1S/C8H11N3O2/c12-2-1-11-8(13)3-7-4-9-6-10-5-7/h4-6,12H,1-3H2,(H,11,13). The number of aliphatic hydroxyl groups excluding tert-OH is 1. The molecule has 0 aromatic carbocycles. The lowest BCUT2D eigenvalue weighted by Gasteiger charge is -2.01. The van der Waals surface area contributed by atoms with Gasteiger partial charge in [0.15, 0.2) is 0 Å². The predicted octanol–water partition coefficient (Wildman–Crippen LogP) is -0.872. The summed E-state index contributed by atoms with van der Waals surface area (Å²) in [4.78, 5) is 18.6. The molecule has 5 nitrogen and oxygen atoms in total. The monoisotopic (exact) mass is 181 g/mol. The average Bonchev–Trinajstić information content (AvgIpc) is 2.16. The summed E-state index contributed by atoms with van der Waals surface area (Å²) in [7, 11) is 0. The van der Waals surface area contributed by atoms with Crippen molar-refractivity contribution in [2.24, 2.45) is 0 Å². The van der Waals surface area contributed by atoms with E-state index < -0.39 is 0 Å². The largest absolute Gasteiger partial charge is 0.395 e. The maximum absolute atomic E-state index is 11.1. The molecule has 13 heavy (non-hydrogen) atoms. The zero-order valence-corrected chi connectivity index (χ0v) is 7.10. The molecule has 0 atom stereocenters. The second kappa shape index (κ2) is 5.21. The molecule has 0 spiro atoms. The molecule has 1 amide bonds. The van der Waals surface area contributed by atoms with Crippen molar-refractivity contribution in [2.75, 3.05) is 13.2 Å². The molecule has 1 aromatic rings. The molecule has 1 aromatic heterocycles. The smallest absolute Gasteiger partial charge is 0.224 e. The first kappa shape index (κ1) is 9.60. The zero-order valence-electron chi connectivity index (χ0n) is 7.10. The van der Waals surface area contributed by atoms with Crippen molar-refractivity contribution >= 4 is 5.91 Å². The molecule has 0 fully saturated rings. The summed E-state index contributed by atoms with van der Waals surface area (Å²) in [6.45, 7) is 0.240. The van der Waals surface area contributed by atoms with E-state index in [1.54, 1.807) is 12.4 Å². The van der Waals surface area contributed by atoms with Crippen LogP contribution in [0.4, 0.5) is 0 Å². The van der Waals surface area contributed by atoms with Crippen molar-refractivity contribution in [1.82, 2.24) is 15.3 Å². The van der Waals surface area contributed by atoms with Gasteiger partial charge in [-0.3, -0.25) is 4.79 Å². The van der Waals surface area contributed by atoms with Gasteiger partial charge in [-0.2, -0.15) is 0 Å². The Hall–Kier alpha value is -1.49. The molecule has 0 saturated carbocycles. The molecule has 0 bridgehead atoms. The number of amides is 1. The van der Waals surface area contributed by atoms with E-state index in [9.17, 15) is 4.79 Å². The summed E-state index contributed by atoms with van der Waals surface area (Å²) >= 11 is 0. The van der Waals surface area contributed by atoms with Crippen LogP contribution in [0.5, 0.6) is 0 Å². The summed E-state index contributed by atoms with van der Waals surface area (Å²) in [6, 6.07) is 0. The van der Waals surface area contributed by atoms with E-state index in [4.69, 9.17) is 5.11 Å². The minimum absolute atomic E-state index is 0.0446. The quantitative estimate of drug-likeness (QED) is 0.633. The summed E-state index contributed by atoms with van der Waals surface area (Å²) < 4.78 is 0. The molecule has 2 N–H and O–H groups in total. The van der Waals surface area contributed by atoms with Crippen LogP contribution in [0, 0.1) is 0 Å². The van der Waals surface area contributed by atoms with Crippen LogP contribution < -0.4 is 5.32 Å². The van der Waals surface area contributed by atoms with Gasteiger partial charge in [0.2, 0.25) is 5.91 Å². The summed E-state index contributed by atoms with van der Waals surface area (Å²) in [5, 5.41) is 11.0. The van der Waals surface area contributed by atoms with E-state index in [0.717, 1.165) is 5.56 Å². The van der Waals surface area contributed by atoms with Gasteiger partial charge in [-0.25, -0.2) is 9.97 Å². The van der Waals surface area contributed by atoms with Gasteiger partial charge in [0.05, 0.1) is 13.0 Å². The van der Waals surface area contributed by atoms with E-state index >= 15 is 0 Å². The first-order valence-corrected chi connectivity index (χ1v) is 3.94. The Bertz CT molecular complexity index is 263. The van der Waals surface area contributed by atoms with Crippen molar-refractivity contribution in [1.29, 1.82) is 0 Å². The molecule has 1 rings (SSSR count). The second-order valence-electron chi connectivity index (χ2n) is 2.50. The number of nitrogens with zero attached hydrogens (tertiary/aromatic N) is 2. The SMILES string of the molecule is O=C(Cc1cncnc1)NCCO. The highest BCUT2D eigenvalue weighted by atomic mass is 16.3. The minimum atomic E-state index is -0.135. The third kappa shape index (κ3) is 3.62. The molecule has 0 saturated heterocycles. The Balaban J connectivity index is 2.37. The average molecular weight is 181 g/mol. The molecule has 1 heterocycles. The number of hydrogen-bond acceptors (Lipinski definition) is 4. The number of carbonyl (C=O) groups is 1. The van der Waals surface area contributed by atoms with Gasteiger partial charge >= 0.3 is 0 Å². The highest BCUT2D eigenvalue weighted by molar-refractivity contribution is 5.78. The van der Waals surface area contributed by atoms with Crippen LogP contribution in [0.2, 0.25) is 0 Å². The van der Waals surface area contributed by atoms with Crippen LogP contribution in [0.25, 0.3) is 0 Å². The van der Waals surface area contributed by atoms with Gasteiger partial charge in [-0.15, -0.1) is 0 Å². The summed E-state index contributed by atoms with van der Waals surface area (Å²) in [5.74, 6) is -0.135. The Morgan fingerprint density at radius 3 is 2.77 bits per heavy atom. The highest BCUT2D eigenvalue weighted by Crippen LogP contribution is 1.93. The van der Waals surface area contributed by atoms with Crippen LogP contribution in [-0.2, 0) is 11.2 Å².